The Morgan fingerprint density at radius 1 is 1.25 bits per heavy atom. The summed E-state index contributed by atoms with van der Waals surface area (Å²) in [5.41, 5.74) is 0.680. The minimum atomic E-state index is -4.54. The van der Waals surface area contributed by atoms with Gasteiger partial charge in [-0.25, -0.2) is 9.37 Å². The van der Waals surface area contributed by atoms with Gasteiger partial charge in [-0.1, -0.05) is 4.78 Å². The Morgan fingerprint density at radius 2 is 2.00 bits per heavy atom. The van der Waals surface area contributed by atoms with Crippen LogP contribution in [0.1, 0.15) is 40.5 Å². The molecule has 2 N–H and O–H groups in total. The van der Waals surface area contributed by atoms with Crippen molar-refractivity contribution in [2.75, 3.05) is 11.9 Å². The molecule has 8 nitrogen and oxygen atoms in total. The lowest BCUT2D eigenvalue weighted by atomic mass is 9.79. The van der Waals surface area contributed by atoms with E-state index in [0.717, 1.165) is 11.1 Å². The number of hydrogen-bond donors (Lipinski definition) is 2. The van der Waals surface area contributed by atoms with Gasteiger partial charge in [-0.2, -0.15) is 13.2 Å². The van der Waals surface area contributed by atoms with Crippen LogP contribution in [-0.2, 0) is 27.8 Å². The monoisotopic (exact) mass is 519 g/mol. The number of aromatic nitrogens is 2. The van der Waals surface area contributed by atoms with Crippen molar-refractivity contribution in [3.63, 3.8) is 0 Å². The van der Waals surface area contributed by atoms with E-state index in [1.54, 1.807) is 13.0 Å². The van der Waals surface area contributed by atoms with E-state index in [4.69, 9.17) is 0 Å². The van der Waals surface area contributed by atoms with Crippen molar-refractivity contribution in [3.05, 3.63) is 52.7 Å². The second kappa shape index (κ2) is 8.52. The molecular formula is C23H22AlF4N5O3. The molecular weight excluding hydrogens is 497 g/mol. The van der Waals surface area contributed by atoms with E-state index in [0.29, 0.717) is 38.9 Å². The standard InChI is InChI=1S/C23H20F4N5O3.Al.2H/c1-11-2-3-16(20(34)32(11)10-23(25,26)27)30-19(33)13-4-12-6-22(7-17(12)28-8-13)15-5-14(24)9-29-18(15)31-21(22)35;;;/h2,4-5,8-9,11,16H,3,6-7,10H2,1H3,(H,30,33)(H,29,31,35);;;/t11-,16+,22+;;;/m1.../s1. The van der Waals surface area contributed by atoms with E-state index in [-0.39, 0.29) is 35.5 Å². The lowest BCUT2D eigenvalue weighted by Crippen LogP contribution is -2.59. The largest absolute Gasteiger partial charge is 0.406 e. The van der Waals surface area contributed by atoms with Crippen LogP contribution in [0, 0.1) is 5.82 Å². The molecule has 0 unspecified atom stereocenters. The van der Waals surface area contributed by atoms with Crippen molar-refractivity contribution >= 4 is 39.8 Å². The van der Waals surface area contributed by atoms with Gasteiger partial charge in [0.05, 0.1) is 17.2 Å². The number of fused-ring (bicyclic) bond motifs is 3. The van der Waals surface area contributed by atoms with Gasteiger partial charge in [0.2, 0.25) is 28.1 Å². The first-order valence-electron chi connectivity index (χ1n) is 11.5. The number of rotatable bonds is 3. The van der Waals surface area contributed by atoms with Crippen molar-refractivity contribution in [2.45, 2.75) is 54.6 Å². The SMILES string of the molecule is C[C@@H]1[C@H]([AlH2])C[C@H](NC(=O)c2cnc3c(c2)C[C@@]2(C3)C(=O)Nc3ncc(F)cc32)C(=O)N1CC(F)(F)F. The molecule has 36 heavy (non-hydrogen) atoms. The summed E-state index contributed by atoms with van der Waals surface area (Å²) in [5, 5.41) is 5.26. The topological polar surface area (TPSA) is 104 Å². The molecule has 0 bridgehead atoms. The summed E-state index contributed by atoms with van der Waals surface area (Å²) in [5.74, 6) is -2.01. The maximum absolute atomic E-state index is 13.9. The molecule has 5 rings (SSSR count). The van der Waals surface area contributed by atoms with Crippen LogP contribution in [0.5, 0.6) is 0 Å². The van der Waals surface area contributed by atoms with Crippen LogP contribution in [-0.4, -0.2) is 73.7 Å². The van der Waals surface area contributed by atoms with E-state index >= 15 is 0 Å². The first kappa shape index (κ1) is 24.6. The molecule has 4 heterocycles. The van der Waals surface area contributed by atoms with Crippen LogP contribution in [0.3, 0.4) is 0 Å². The number of nitrogens with one attached hydrogen (secondary N) is 2. The molecule has 0 aromatic carbocycles. The highest BCUT2D eigenvalue weighted by atomic mass is 27.0. The third-order valence-corrected chi connectivity index (χ3v) is 8.91. The Kier molecular flexibility index (Phi) is 5.83. The number of anilines is 1. The zero-order chi connectivity index (χ0) is 26.0. The van der Waals surface area contributed by atoms with Crippen molar-refractivity contribution in [1.29, 1.82) is 0 Å². The molecule has 13 heteroatoms. The number of amides is 3. The number of carbonyl (C=O) groups excluding carboxylic acids is 3. The Labute approximate surface area is 211 Å². The number of nitrogens with zero attached hydrogens (tertiary/aromatic N) is 3. The summed E-state index contributed by atoms with van der Waals surface area (Å²) >= 11 is 0.560. The number of likely N-dealkylation sites (tertiary alicyclic amines) is 1. The van der Waals surface area contributed by atoms with Crippen LogP contribution >= 0.6 is 0 Å². The molecule has 188 valence electrons. The van der Waals surface area contributed by atoms with Gasteiger partial charge in [-0.3, -0.25) is 19.4 Å². The number of hydrogen-bond acceptors (Lipinski definition) is 5. The lowest BCUT2D eigenvalue weighted by Gasteiger charge is -2.42. The predicted molar refractivity (Wildman–Crippen MR) is 122 cm³/mol. The van der Waals surface area contributed by atoms with E-state index in [2.05, 4.69) is 20.6 Å². The molecule has 1 spiro atoms. The zero-order valence-corrected chi connectivity index (χ0v) is 21.4. The molecule has 3 aliphatic rings. The molecule has 4 atom stereocenters. The molecule has 1 fully saturated rings. The fourth-order valence-corrected chi connectivity index (χ4v) is 6.24. The Hall–Kier alpha value is -3.04. The fourth-order valence-electron chi connectivity index (χ4n) is 5.41. The van der Waals surface area contributed by atoms with Crippen molar-refractivity contribution in [3.8, 4) is 0 Å². The first-order chi connectivity index (χ1) is 16.9. The van der Waals surface area contributed by atoms with E-state index in [1.165, 1.54) is 12.3 Å². The molecule has 0 radical (unpaired) electrons. The van der Waals surface area contributed by atoms with Crippen LogP contribution in [0.25, 0.3) is 0 Å². The maximum atomic E-state index is 13.9. The molecule has 2 aliphatic heterocycles. The predicted octanol–water partition coefficient (Wildman–Crippen LogP) is 1.31. The maximum Gasteiger partial charge on any atom is 0.406 e. The van der Waals surface area contributed by atoms with Crippen LogP contribution < -0.4 is 10.6 Å². The van der Waals surface area contributed by atoms with Gasteiger partial charge in [0.15, 0.2) is 0 Å². The quantitative estimate of drug-likeness (QED) is 0.470. The third kappa shape index (κ3) is 4.14. The zero-order valence-electron chi connectivity index (χ0n) is 19.4. The normalized spacial score (nSPS) is 27.1. The van der Waals surface area contributed by atoms with Crippen LogP contribution in [0.4, 0.5) is 23.4 Å². The molecule has 3 amide bonds. The third-order valence-electron chi connectivity index (χ3n) is 7.48. The lowest BCUT2D eigenvalue weighted by molar-refractivity contribution is -0.169. The molecule has 1 aliphatic carbocycles. The number of alkyl halides is 3. The minimum absolute atomic E-state index is 0.122. The minimum Gasteiger partial charge on any atom is -0.340 e. The highest BCUT2D eigenvalue weighted by Crippen LogP contribution is 2.46. The average Bonchev–Trinajstić information content (AvgIpc) is 3.31. The molecule has 2 aromatic heterocycles. The summed E-state index contributed by atoms with van der Waals surface area (Å²) < 4.78 is 52.9. The average molecular weight is 519 g/mol. The van der Waals surface area contributed by atoms with Crippen LogP contribution in [0.2, 0.25) is 4.78 Å². The highest BCUT2D eigenvalue weighted by Gasteiger charge is 2.52. The molecule has 2 aromatic rings. The van der Waals surface area contributed by atoms with Gasteiger partial charge >= 0.3 is 6.18 Å². The van der Waals surface area contributed by atoms with E-state index < -0.39 is 47.9 Å². The van der Waals surface area contributed by atoms with Gasteiger partial charge in [0.25, 0.3) is 5.91 Å². The number of halogens is 4. The summed E-state index contributed by atoms with van der Waals surface area (Å²) in [7, 11) is 0. The number of pyridine rings is 2. The van der Waals surface area contributed by atoms with Crippen molar-refractivity contribution in [2.24, 2.45) is 0 Å². The number of carbonyl (C=O) groups is 3. The first-order valence-corrected chi connectivity index (χ1v) is 12.7. The second-order valence-electron chi connectivity index (χ2n) is 9.83. The van der Waals surface area contributed by atoms with Crippen molar-refractivity contribution < 1.29 is 31.9 Å². The number of piperidine rings is 1. The van der Waals surface area contributed by atoms with Crippen LogP contribution in [0.15, 0.2) is 24.5 Å². The second-order valence-corrected chi connectivity index (χ2v) is 11.3. The highest BCUT2D eigenvalue weighted by molar-refractivity contribution is 6.13. The van der Waals surface area contributed by atoms with E-state index in [1.807, 2.05) is 0 Å². The molecule has 1 saturated heterocycles. The van der Waals surface area contributed by atoms with Gasteiger partial charge in [-0.15, -0.1) is 0 Å². The Bertz CT molecular complexity index is 1290. The van der Waals surface area contributed by atoms with Gasteiger partial charge in [-0.05, 0) is 37.5 Å². The van der Waals surface area contributed by atoms with E-state index in [9.17, 15) is 31.9 Å². The fraction of sp³-hybridized carbons (Fsp3) is 0.435. The van der Waals surface area contributed by atoms with Gasteiger partial charge in [0.1, 0.15) is 24.2 Å². The van der Waals surface area contributed by atoms with Gasteiger partial charge < -0.3 is 15.5 Å². The molecule has 0 saturated carbocycles. The summed E-state index contributed by atoms with van der Waals surface area (Å²) in [6.07, 6.45) is -1.55. The Balaban J connectivity index is 1.35. The smallest absolute Gasteiger partial charge is 0.340 e. The summed E-state index contributed by atoms with van der Waals surface area (Å²) in [6.45, 7) is 0.234. The summed E-state index contributed by atoms with van der Waals surface area (Å²) in [6, 6.07) is 1.20. The van der Waals surface area contributed by atoms with Crippen molar-refractivity contribution in [1.82, 2.24) is 20.2 Å². The Morgan fingerprint density at radius 3 is 2.72 bits per heavy atom. The van der Waals surface area contributed by atoms with Gasteiger partial charge in [0, 0.05) is 29.9 Å². The summed E-state index contributed by atoms with van der Waals surface area (Å²) in [4.78, 5) is 47.7.